The van der Waals surface area contributed by atoms with E-state index in [-0.39, 0.29) is 0 Å². The fraction of sp³-hybridized carbons (Fsp3) is 0.500. The van der Waals surface area contributed by atoms with Crippen molar-refractivity contribution >= 4 is 24.1 Å². The van der Waals surface area contributed by atoms with E-state index in [9.17, 15) is 14.4 Å². The van der Waals surface area contributed by atoms with Gasteiger partial charge in [0.25, 0.3) is 0 Å². The minimum absolute atomic E-state index is 0.409. The lowest BCUT2D eigenvalue weighted by Crippen LogP contribution is -2.62. The summed E-state index contributed by atoms with van der Waals surface area (Å²) in [6, 6.07) is 6.79. The Labute approximate surface area is 174 Å². The van der Waals surface area contributed by atoms with Gasteiger partial charge in [0.1, 0.15) is 12.9 Å². The summed E-state index contributed by atoms with van der Waals surface area (Å²) in [5, 5.41) is 3.67. The van der Waals surface area contributed by atoms with Crippen LogP contribution in [0.4, 0.5) is 0 Å². The van der Waals surface area contributed by atoms with Gasteiger partial charge in [-0.1, -0.05) is 5.16 Å². The Morgan fingerprint density at radius 2 is 1.43 bits per heavy atom. The van der Waals surface area contributed by atoms with Crippen LogP contribution in [0.3, 0.4) is 0 Å². The van der Waals surface area contributed by atoms with Gasteiger partial charge >= 0.3 is 17.9 Å². The molecule has 0 radical (unpaired) electrons. The molecular weight excluding hydrogens is 398 g/mol. The molecule has 1 aromatic rings. The lowest BCUT2D eigenvalue weighted by molar-refractivity contribution is -0.280. The average Bonchev–Trinajstić information content (AvgIpc) is 2.66. The van der Waals surface area contributed by atoms with Gasteiger partial charge in [-0.15, -0.1) is 0 Å². The van der Waals surface area contributed by atoms with Crippen LogP contribution in [0.1, 0.15) is 33.3 Å². The zero-order valence-corrected chi connectivity index (χ0v) is 17.4. The normalized spacial score (nSPS) is 26.0. The number of hydrogen-bond acceptors (Lipinski definition) is 10. The molecule has 1 aliphatic heterocycles. The van der Waals surface area contributed by atoms with Crippen molar-refractivity contribution in [1.82, 2.24) is 0 Å². The van der Waals surface area contributed by atoms with Crippen molar-refractivity contribution in [3.8, 4) is 5.75 Å². The lowest BCUT2D eigenvalue weighted by Gasteiger charge is -2.43. The average molecular weight is 423 g/mol. The molecule has 0 saturated carbocycles. The van der Waals surface area contributed by atoms with Gasteiger partial charge in [0.15, 0.2) is 12.2 Å². The van der Waals surface area contributed by atoms with Crippen molar-refractivity contribution in [2.45, 2.75) is 58.4 Å². The van der Waals surface area contributed by atoms with Crippen molar-refractivity contribution < 1.29 is 42.9 Å². The highest BCUT2D eigenvalue weighted by molar-refractivity contribution is 5.79. The molecular formula is C20H25NO9. The molecule has 0 bridgehead atoms. The quantitative estimate of drug-likeness (QED) is 0.279. The Balaban J connectivity index is 2.29. The number of carbonyl (C=O) groups excluding carboxylic acids is 3. The largest absolute Gasteiger partial charge is 0.461 e. The third-order valence-corrected chi connectivity index (χ3v) is 4.07. The van der Waals surface area contributed by atoms with Crippen LogP contribution < -0.4 is 4.74 Å². The first-order chi connectivity index (χ1) is 14.2. The maximum Gasteiger partial charge on any atom is 0.303 e. The van der Waals surface area contributed by atoms with Crippen molar-refractivity contribution in [3.05, 3.63) is 29.8 Å². The molecule has 10 nitrogen and oxygen atoms in total. The lowest BCUT2D eigenvalue weighted by atomic mass is 9.99. The summed E-state index contributed by atoms with van der Waals surface area (Å²) in [5.74, 6) is -1.46. The Morgan fingerprint density at radius 1 is 0.900 bits per heavy atom. The first-order valence-electron chi connectivity index (χ1n) is 9.21. The molecule has 1 saturated heterocycles. The van der Waals surface area contributed by atoms with E-state index in [1.807, 2.05) is 0 Å². The molecule has 0 aliphatic carbocycles. The third-order valence-electron chi connectivity index (χ3n) is 4.07. The van der Waals surface area contributed by atoms with Crippen molar-refractivity contribution in [3.63, 3.8) is 0 Å². The van der Waals surface area contributed by atoms with Gasteiger partial charge in [0.05, 0.1) is 12.3 Å². The van der Waals surface area contributed by atoms with Gasteiger partial charge in [-0.3, -0.25) is 14.4 Å². The Kier molecular flexibility index (Phi) is 8.16. The zero-order valence-electron chi connectivity index (χ0n) is 17.4. The molecule has 1 fully saturated rings. The maximum atomic E-state index is 11.7. The molecule has 1 heterocycles. The second-order valence-corrected chi connectivity index (χ2v) is 6.54. The number of nitrogens with zero attached hydrogens (tertiary/aromatic N) is 1. The molecule has 0 spiro atoms. The van der Waals surface area contributed by atoms with Gasteiger partial charge in [-0.2, -0.15) is 0 Å². The van der Waals surface area contributed by atoms with E-state index in [1.54, 1.807) is 31.2 Å². The van der Waals surface area contributed by atoms with Crippen LogP contribution in [0.25, 0.3) is 0 Å². The summed E-state index contributed by atoms with van der Waals surface area (Å²) < 4.78 is 27.6. The molecule has 0 aromatic heterocycles. The maximum absolute atomic E-state index is 11.7. The number of rotatable bonds is 7. The van der Waals surface area contributed by atoms with Crippen LogP contribution in [0.5, 0.6) is 5.75 Å². The summed E-state index contributed by atoms with van der Waals surface area (Å²) in [6.45, 7) is 5.25. The molecule has 30 heavy (non-hydrogen) atoms. The molecule has 5 atom stereocenters. The van der Waals surface area contributed by atoms with Gasteiger partial charge in [0, 0.05) is 20.8 Å². The highest BCUT2D eigenvalue weighted by Crippen LogP contribution is 2.30. The van der Waals surface area contributed by atoms with Gasteiger partial charge in [-0.25, -0.2) is 0 Å². The smallest absolute Gasteiger partial charge is 0.303 e. The number of ether oxygens (including phenoxy) is 5. The van der Waals surface area contributed by atoms with Crippen molar-refractivity contribution in [2.24, 2.45) is 5.16 Å². The monoisotopic (exact) mass is 423 g/mol. The molecule has 2 rings (SSSR count). The fourth-order valence-electron chi connectivity index (χ4n) is 2.94. The zero-order chi connectivity index (χ0) is 22.3. The first kappa shape index (κ1) is 23.1. The van der Waals surface area contributed by atoms with Gasteiger partial charge in [-0.05, 0) is 36.8 Å². The van der Waals surface area contributed by atoms with Crippen LogP contribution in [0.2, 0.25) is 0 Å². The number of oxime groups is 1. The van der Waals surface area contributed by atoms with E-state index >= 15 is 0 Å². The number of benzene rings is 1. The highest BCUT2D eigenvalue weighted by Gasteiger charge is 2.51. The Hall–Kier alpha value is -3.14. The summed E-state index contributed by atoms with van der Waals surface area (Å²) in [6.07, 6.45) is -3.56. The second kappa shape index (κ2) is 10.6. The SMILES string of the molecule is CO/N=C/c1ccc(O[C@@H]2O[C@@H](C)[C@H](OC(C)=O)[C@@H](OC(C)=O)[C@H]2OC(C)=O)cc1. The minimum atomic E-state index is -1.17. The fourth-order valence-corrected chi connectivity index (χ4v) is 2.94. The van der Waals surface area contributed by atoms with Crippen LogP contribution in [-0.2, 0) is 38.2 Å². The Morgan fingerprint density at radius 3 is 1.97 bits per heavy atom. The van der Waals surface area contributed by atoms with Crippen LogP contribution in [-0.4, -0.2) is 61.9 Å². The van der Waals surface area contributed by atoms with Gasteiger partial charge < -0.3 is 28.5 Å². The first-order valence-corrected chi connectivity index (χ1v) is 9.21. The summed E-state index contributed by atoms with van der Waals surface area (Å²) in [4.78, 5) is 39.5. The third kappa shape index (κ3) is 6.45. The predicted octanol–water partition coefficient (Wildman–Crippen LogP) is 1.59. The van der Waals surface area contributed by atoms with Crippen LogP contribution in [0, 0.1) is 0 Å². The number of hydrogen-bond donors (Lipinski definition) is 0. The summed E-state index contributed by atoms with van der Waals surface area (Å²) in [7, 11) is 1.44. The summed E-state index contributed by atoms with van der Waals surface area (Å²) in [5.41, 5.74) is 0.770. The Bertz CT molecular complexity index is 777. The van der Waals surface area contributed by atoms with E-state index in [4.69, 9.17) is 23.7 Å². The van der Waals surface area contributed by atoms with Crippen molar-refractivity contribution in [1.29, 1.82) is 0 Å². The molecule has 0 amide bonds. The van der Waals surface area contributed by atoms with E-state index in [0.29, 0.717) is 5.75 Å². The highest BCUT2D eigenvalue weighted by atomic mass is 16.7. The minimum Gasteiger partial charge on any atom is -0.461 e. The second-order valence-electron chi connectivity index (χ2n) is 6.54. The molecule has 164 valence electrons. The molecule has 0 N–H and O–H groups in total. The number of carbonyl (C=O) groups is 3. The van der Waals surface area contributed by atoms with Gasteiger partial charge in [0.2, 0.25) is 12.4 Å². The van der Waals surface area contributed by atoms with Crippen LogP contribution >= 0.6 is 0 Å². The molecule has 0 unspecified atom stereocenters. The van der Waals surface area contributed by atoms with E-state index in [0.717, 1.165) is 5.56 Å². The van der Waals surface area contributed by atoms with Crippen molar-refractivity contribution in [2.75, 3.05) is 7.11 Å². The molecule has 1 aromatic carbocycles. The predicted molar refractivity (Wildman–Crippen MR) is 103 cm³/mol. The standard InChI is InChI=1S/C20H25NO9/c1-11-17(27-12(2)22)18(28-13(3)23)19(29-14(4)24)20(26-11)30-16-8-6-15(7-9-16)10-21-25-5/h6-11,17-20H,1-5H3/b21-10+/t11-,17-,18+,19+,20-/m0/s1. The van der Waals surface area contributed by atoms with E-state index in [2.05, 4.69) is 9.99 Å². The number of esters is 3. The summed E-state index contributed by atoms with van der Waals surface area (Å²) >= 11 is 0. The van der Waals surface area contributed by atoms with E-state index < -0.39 is 48.6 Å². The molecule has 10 heteroatoms. The van der Waals surface area contributed by atoms with E-state index in [1.165, 1.54) is 34.1 Å². The molecule has 1 aliphatic rings. The van der Waals surface area contributed by atoms with Crippen LogP contribution in [0.15, 0.2) is 29.4 Å². The topological polar surface area (TPSA) is 119 Å².